The third-order valence-electron chi connectivity index (χ3n) is 4.11. The lowest BCUT2D eigenvalue weighted by atomic mass is 9.93. The number of benzene rings is 1. The summed E-state index contributed by atoms with van der Waals surface area (Å²) in [5.74, 6) is 0.620. The molecule has 3 amide bonds. The van der Waals surface area contributed by atoms with E-state index in [4.69, 9.17) is 0 Å². The van der Waals surface area contributed by atoms with Gasteiger partial charge in [-0.05, 0) is 64.3 Å². The molecule has 6 nitrogen and oxygen atoms in total. The van der Waals surface area contributed by atoms with E-state index in [2.05, 4.69) is 21.3 Å². The van der Waals surface area contributed by atoms with Crippen molar-refractivity contribution in [2.45, 2.75) is 45.6 Å². The highest BCUT2D eigenvalue weighted by molar-refractivity contribution is 5.99. The van der Waals surface area contributed by atoms with Crippen molar-refractivity contribution < 1.29 is 9.59 Å². The Bertz CT molecular complexity index is 554. The van der Waals surface area contributed by atoms with E-state index in [0.29, 0.717) is 23.7 Å². The van der Waals surface area contributed by atoms with Gasteiger partial charge in [0.1, 0.15) is 0 Å². The Morgan fingerprint density at radius 1 is 1.12 bits per heavy atom. The molecule has 0 spiro atoms. The largest absolute Gasteiger partial charge is 0.336 e. The van der Waals surface area contributed by atoms with Gasteiger partial charge in [-0.25, -0.2) is 4.79 Å². The van der Waals surface area contributed by atoms with Crippen LogP contribution in [0.5, 0.6) is 0 Å². The molecule has 0 atom stereocenters. The zero-order chi connectivity index (χ0) is 17.4. The lowest BCUT2D eigenvalue weighted by molar-refractivity contribution is -0.116. The topological polar surface area (TPSA) is 82.3 Å². The van der Waals surface area contributed by atoms with Crippen LogP contribution in [0.3, 0.4) is 0 Å². The number of carbonyl (C=O) groups excluding carboxylic acids is 2. The third kappa shape index (κ3) is 6.20. The second-order valence-corrected chi connectivity index (χ2v) is 6.58. The van der Waals surface area contributed by atoms with E-state index >= 15 is 0 Å². The Kier molecular flexibility index (Phi) is 7.06. The van der Waals surface area contributed by atoms with Gasteiger partial charge in [0.25, 0.3) is 0 Å². The second kappa shape index (κ2) is 9.27. The normalized spacial score (nSPS) is 15.1. The summed E-state index contributed by atoms with van der Waals surface area (Å²) >= 11 is 0. The molecule has 1 saturated heterocycles. The predicted octanol–water partition coefficient (Wildman–Crippen LogP) is 2.93. The van der Waals surface area contributed by atoms with Gasteiger partial charge in [-0.3, -0.25) is 4.79 Å². The predicted molar refractivity (Wildman–Crippen MR) is 97.2 cm³/mol. The molecular weight excluding hydrogens is 304 g/mol. The molecule has 1 aliphatic rings. The first-order valence-electron chi connectivity index (χ1n) is 8.71. The average Bonchev–Trinajstić information content (AvgIpc) is 2.55. The molecule has 0 saturated carbocycles. The minimum atomic E-state index is -0.276. The Morgan fingerprint density at radius 3 is 2.38 bits per heavy atom. The first kappa shape index (κ1) is 18.3. The number of para-hydroxylation sites is 2. The first-order valence-corrected chi connectivity index (χ1v) is 8.71. The second-order valence-electron chi connectivity index (χ2n) is 6.58. The Labute approximate surface area is 143 Å². The fraction of sp³-hybridized carbons (Fsp3) is 0.556. The number of hydrogen-bond donors (Lipinski definition) is 4. The van der Waals surface area contributed by atoms with Crippen LogP contribution >= 0.6 is 0 Å². The lowest BCUT2D eigenvalue weighted by Crippen LogP contribution is -2.34. The maximum absolute atomic E-state index is 12.2. The molecule has 1 aliphatic heterocycles. The molecule has 132 valence electrons. The SMILES string of the molecule is CC(C)NC(=O)Nc1ccccc1NC(=O)CCC1CCNCC1. The van der Waals surface area contributed by atoms with Crippen molar-refractivity contribution in [3.63, 3.8) is 0 Å². The van der Waals surface area contributed by atoms with Crippen molar-refractivity contribution in [2.75, 3.05) is 23.7 Å². The van der Waals surface area contributed by atoms with Gasteiger partial charge in [0, 0.05) is 12.5 Å². The number of amides is 3. The highest BCUT2D eigenvalue weighted by atomic mass is 16.2. The fourth-order valence-corrected chi connectivity index (χ4v) is 2.84. The maximum atomic E-state index is 12.2. The van der Waals surface area contributed by atoms with Gasteiger partial charge in [-0.2, -0.15) is 0 Å². The van der Waals surface area contributed by atoms with Crippen molar-refractivity contribution in [2.24, 2.45) is 5.92 Å². The van der Waals surface area contributed by atoms with E-state index < -0.39 is 0 Å². The zero-order valence-corrected chi connectivity index (χ0v) is 14.5. The molecule has 4 N–H and O–H groups in total. The molecule has 0 bridgehead atoms. The third-order valence-corrected chi connectivity index (χ3v) is 4.11. The molecule has 1 heterocycles. The van der Waals surface area contributed by atoms with Gasteiger partial charge in [-0.15, -0.1) is 0 Å². The van der Waals surface area contributed by atoms with Crippen molar-refractivity contribution in [1.82, 2.24) is 10.6 Å². The Balaban J connectivity index is 1.86. The summed E-state index contributed by atoms with van der Waals surface area (Å²) in [6.45, 7) is 5.89. The van der Waals surface area contributed by atoms with Crippen LogP contribution in [0.1, 0.15) is 39.5 Å². The minimum absolute atomic E-state index is 0.00736. The standard InChI is InChI=1S/C18H28N4O2/c1-13(2)20-18(24)22-16-6-4-3-5-15(16)21-17(23)8-7-14-9-11-19-12-10-14/h3-6,13-14,19H,7-12H2,1-2H3,(H,21,23)(H2,20,22,24). The van der Waals surface area contributed by atoms with Crippen molar-refractivity contribution >= 4 is 23.3 Å². The van der Waals surface area contributed by atoms with Gasteiger partial charge in [0.15, 0.2) is 0 Å². The summed E-state index contributed by atoms with van der Waals surface area (Å²) in [6, 6.07) is 7.03. The molecule has 24 heavy (non-hydrogen) atoms. The zero-order valence-electron chi connectivity index (χ0n) is 14.5. The monoisotopic (exact) mass is 332 g/mol. The van der Waals surface area contributed by atoms with Crippen LogP contribution in [0, 0.1) is 5.92 Å². The van der Waals surface area contributed by atoms with Crippen molar-refractivity contribution in [3.8, 4) is 0 Å². The van der Waals surface area contributed by atoms with E-state index in [0.717, 1.165) is 32.4 Å². The number of piperidine rings is 1. The molecule has 1 fully saturated rings. The molecule has 1 aromatic carbocycles. The molecule has 0 aliphatic carbocycles. The summed E-state index contributed by atoms with van der Waals surface area (Å²) in [4.78, 5) is 24.1. The number of carbonyl (C=O) groups is 2. The van der Waals surface area contributed by atoms with E-state index in [1.54, 1.807) is 12.1 Å². The highest BCUT2D eigenvalue weighted by Crippen LogP contribution is 2.22. The van der Waals surface area contributed by atoms with Crippen molar-refractivity contribution in [3.05, 3.63) is 24.3 Å². The van der Waals surface area contributed by atoms with Gasteiger partial charge < -0.3 is 21.3 Å². The fourth-order valence-electron chi connectivity index (χ4n) is 2.84. The smallest absolute Gasteiger partial charge is 0.319 e. The van der Waals surface area contributed by atoms with Crippen LogP contribution in [-0.4, -0.2) is 31.1 Å². The van der Waals surface area contributed by atoms with Crippen molar-refractivity contribution in [1.29, 1.82) is 0 Å². The number of urea groups is 1. The first-order chi connectivity index (χ1) is 11.5. The average molecular weight is 332 g/mol. The van der Waals surface area contributed by atoms with E-state index in [1.165, 1.54) is 0 Å². The van der Waals surface area contributed by atoms with Crippen LogP contribution < -0.4 is 21.3 Å². The minimum Gasteiger partial charge on any atom is -0.336 e. The van der Waals surface area contributed by atoms with Gasteiger partial charge in [0.2, 0.25) is 5.91 Å². The molecule has 1 aromatic rings. The number of hydrogen-bond acceptors (Lipinski definition) is 3. The molecule has 0 radical (unpaired) electrons. The Hall–Kier alpha value is -2.08. The quantitative estimate of drug-likeness (QED) is 0.646. The van der Waals surface area contributed by atoms with Gasteiger partial charge in [0.05, 0.1) is 11.4 Å². The van der Waals surface area contributed by atoms with E-state index in [1.807, 2.05) is 26.0 Å². The molecule has 0 aromatic heterocycles. The van der Waals surface area contributed by atoms with Gasteiger partial charge >= 0.3 is 6.03 Å². The van der Waals surface area contributed by atoms with Crippen LogP contribution in [0.15, 0.2) is 24.3 Å². The molecule has 6 heteroatoms. The summed E-state index contributed by atoms with van der Waals surface area (Å²) in [5.41, 5.74) is 1.23. The summed E-state index contributed by atoms with van der Waals surface area (Å²) in [6.07, 6.45) is 3.70. The lowest BCUT2D eigenvalue weighted by Gasteiger charge is -2.22. The summed E-state index contributed by atoms with van der Waals surface area (Å²) in [5, 5.41) is 11.8. The summed E-state index contributed by atoms with van der Waals surface area (Å²) in [7, 11) is 0. The number of nitrogens with one attached hydrogen (secondary N) is 4. The van der Waals surface area contributed by atoms with E-state index in [9.17, 15) is 9.59 Å². The summed E-state index contributed by atoms with van der Waals surface area (Å²) < 4.78 is 0. The number of rotatable bonds is 6. The highest BCUT2D eigenvalue weighted by Gasteiger charge is 2.15. The number of anilines is 2. The van der Waals surface area contributed by atoms with Crippen LogP contribution in [0.4, 0.5) is 16.2 Å². The Morgan fingerprint density at radius 2 is 1.75 bits per heavy atom. The molecular formula is C18H28N4O2. The van der Waals surface area contributed by atoms with E-state index in [-0.39, 0.29) is 18.0 Å². The van der Waals surface area contributed by atoms with Crippen LogP contribution in [-0.2, 0) is 4.79 Å². The molecule has 2 rings (SSSR count). The van der Waals surface area contributed by atoms with Gasteiger partial charge in [-0.1, -0.05) is 12.1 Å². The maximum Gasteiger partial charge on any atom is 0.319 e. The van der Waals surface area contributed by atoms with Crippen LogP contribution in [0.25, 0.3) is 0 Å². The van der Waals surface area contributed by atoms with Crippen LogP contribution in [0.2, 0.25) is 0 Å². The molecule has 0 unspecified atom stereocenters.